The Morgan fingerprint density at radius 1 is 1.19 bits per heavy atom. The van der Waals surface area contributed by atoms with E-state index < -0.39 is 0 Å². The summed E-state index contributed by atoms with van der Waals surface area (Å²) in [6.45, 7) is 2.91. The van der Waals surface area contributed by atoms with Crippen LogP contribution in [0.3, 0.4) is 0 Å². The second-order valence-electron chi connectivity index (χ2n) is 5.57. The molecule has 0 radical (unpaired) electrons. The van der Waals surface area contributed by atoms with Crippen LogP contribution >= 0.6 is 0 Å². The van der Waals surface area contributed by atoms with Crippen LogP contribution in [0.15, 0.2) is 23.0 Å². The summed E-state index contributed by atoms with van der Waals surface area (Å²) >= 11 is 0. The molecule has 21 heavy (non-hydrogen) atoms. The summed E-state index contributed by atoms with van der Waals surface area (Å²) in [6.07, 6.45) is 2.48. The molecular weight excluding hydrogens is 266 g/mol. The van der Waals surface area contributed by atoms with Crippen molar-refractivity contribution in [1.29, 1.82) is 0 Å². The minimum absolute atomic E-state index is 0.0476. The normalized spacial score (nSPS) is 11.0. The molecule has 1 heterocycles. The molecule has 0 aliphatic carbocycles. The van der Waals surface area contributed by atoms with Crippen LogP contribution in [-0.4, -0.2) is 33.5 Å². The molecule has 5 heteroatoms. The Hall–Kier alpha value is -2.04. The first-order valence-corrected chi connectivity index (χ1v) is 7.34. The highest BCUT2D eigenvalue weighted by molar-refractivity contribution is 5.82. The molecule has 5 nitrogen and oxygen atoms in total. The molecule has 0 bridgehead atoms. The number of rotatable bonds is 5. The van der Waals surface area contributed by atoms with Gasteiger partial charge in [0, 0.05) is 27.7 Å². The van der Waals surface area contributed by atoms with Gasteiger partial charge in [0.15, 0.2) is 0 Å². The van der Waals surface area contributed by atoms with Crippen molar-refractivity contribution in [2.24, 2.45) is 14.1 Å². The highest BCUT2D eigenvalue weighted by Crippen LogP contribution is 2.15. The van der Waals surface area contributed by atoms with E-state index >= 15 is 0 Å². The molecule has 0 aliphatic heterocycles. The van der Waals surface area contributed by atoms with Crippen molar-refractivity contribution in [3.8, 4) is 0 Å². The average molecular weight is 289 g/mol. The highest BCUT2D eigenvalue weighted by Gasteiger charge is 2.12. The van der Waals surface area contributed by atoms with Crippen LogP contribution in [-0.2, 0) is 25.3 Å². The van der Waals surface area contributed by atoms with Crippen molar-refractivity contribution in [1.82, 2.24) is 14.0 Å². The SMILES string of the molecule is CCCCN(C)C(=O)Cc1ccc2c(c1)n(C)c(=O)n2C. The molecule has 0 atom stereocenters. The zero-order valence-corrected chi connectivity index (χ0v) is 13.2. The first-order valence-electron chi connectivity index (χ1n) is 7.34. The number of likely N-dealkylation sites (N-methyl/N-ethyl adjacent to an activating group) is 1. The molecule has 0 unspecified atom stereocenters. The van der Waals surface area contributed by atoms with Gasteiger partial charge >= 0.3 is 5.69 Å². The van der Waals surface area contributed by atoms with Crippen molar-refractivity contribution in [3.63, 3.8) is 0 Å². The molecule has 0 saturated carbocycles. The number of unbranched alkanes of at least 4 members (excludes halogenated alkanes) is 1. The second kappa shape index (κ2) is 6.16. The molecule has 0 spiro atoms. The standard InChI is InChI=1S/C16H23N3O2/c1-5-6-9-17(2)15(20)11-12-7-8-13-14(10-12)19(4)16(21)18(13)3/h7-8,10H,5-6,9,11H2,1-4H3. The van der Waals surface area contributed by atoms with Crippen LogP contribution < -0.4 is 5.69 Å². The fourth-order valence-electron chi connectivity index (χ4n) is 2.49. The van der Waals surface area contributed by atoms with E-state index in [0.29, 0.717) is 6.42 Å². The Bertz CT molecular complexity index is 712. The molecule has 114 valence electrons. The topological polar surface area (TPSA) is 47.2 Å². The number of hydrogen-bond acceptors (Lipinski definition) is 2. The lowest BCUT2D eigenvalue weighted by atomic mass is 10.1. The van der Waals surface area contributed by atoms with Crippen LogP contribution in [0.25, 0.3) is 11.0 Å². The number of aryl methyl sites for hydroxylation is 2. The predicted molar refractivity (Wildman–Crippen MR) is 84.4 cm³/mol. The van der Waals surface area contributed by atoms with Gasteiger partial charge in [-0.05, 0) is 24.1 Å². The summed E-state index contributed by atoms with van der Waals surface area (Å²) in [6, 6.07) is 5.76. The minimum Gasteiger partial charge on any atom is -0.345 e. The summed E-state index contributed by atoms with van der Waals surface area (Å²) in [5.41, 5.74) is 2.65. The Balaban J connectivity index is 2.22. The number of nitrogens with zero attached hydrogens (tertiary/aromatic N) is 3. The summed E-state index contributed by atoms with van der Waals surface area (Å²) in [5.74, 6) is 0.115. The molecule has 1 amide bonds. The van der Waals surface area contributed by atoms with Gasteiger partial charge in [-0.2, -0.15) is 0 Å². The van der Waals surface area contributed by atoms with Gasteiger partial charge in [0.25, 0.3) is 0 Å². The van der Waals surface area contributed by atoms with E-state index in [-0.39, 0.29) is 11.6 Å². The molecule has 2 aromatic rings. The van der Waals surface area contributed by atoms with Gasteiger partial charge < -0.3 is 4.90 Å². The third-order valence-electron chi connectivity index (χ3n) is 3.96. The molecule has 0 aliphatic rings. The Morgan fingerprint density at radius 2 is 1.86 bits per heavy atom. The molecular formula is C16H23N3O2. The van der Waals surface area contributed by atoms with Crippen LogP contribution in [0.1, 0.15) is 25.3 Å². The smallest absolute Gasteiger partial charge is 0.328 e. The second-order valence-corrected chi connectivity index (χ2v) is 5.57. The summed E-state index contributed by atoms with van der Waals surface area (Å²) in [5, 5.41) is 0. The molecule has 1 aromatic carbocycles. The van der Waals surface area contributed by atoms with Crippen LogP contribution in [0.5, 0.6) is 0 Å². The minimum atomic E-state index is -0.0476. The van der Waals surface area contributed by atoms with E-state index in [1.807, 2.05) is 25.2 Å². The van der Waals surface area contributed by atoms with E-state index in [9.17, 15) is 9.59 Å². The third kappa shape index (κ3) is 3.01. The lowest BCUT2D eigenvalue weighted by Gasteiger charge is -2.16. The summed E-state index contributed by atoms with van der Waals surface area (Å²) in [7, 11) is 5.35. The van der Waals surface area contributed by atoms with E-state index in [2.05, 4.69) is 6.92 Å². The maximum absolute atomic E-state index is 12.2. The van der Waals surface area contributed by atoms with Gasteiger partial charge in [0.2, 0.25) is 5.91 Å². The maximum Gasteiger partial charge on any atom is 0.328 e. The van der Waals surface area contributed by atoms with Gasteiger partial charge in [-0.25, -0.2) is 4.79 Å². The first kappa shape index (κ1) is 15.4. The van der Waals surface area contributed by atoms with E-state index in [0.717, 1.165) is 36.0 Å². The van der Waals surface area contributed by atoms with Gasteiger partial charge in [-0.1, -0.05) is 19.4 Å². The van der Waals surface area contributed by atoms with Crippen molar-refractivity contribution >= 4 is 16.9 Å². The third-order valence-corrected chi connectivity index (χ3v) is 3.96. The van der Waals surface area contributed by atoms with E-state index in [1.54, 1.807) is 28.1 Å². The lowest BCUT2D eigenvalue weighted by molar-refractivity contribution is -0.129. The van der Waals surface area contributed by atoms with Crippen LogP contribution in [0.2, 0.25) is 0 Å². The predicted octanol–water partition coefficient (Wildman–Crippen LogP) is 1.68. The van der Waals surface area contributed by atoms with Crippen molar-refractivity contribution < 1.29 is 4.79 Å². The number of fused-ring (bicyclic) bond motifs is 1. The molecule has 2 rings (SSSR count). The molecule has 0 N–H and O–H groups in total. The number of aromatic nitrogens is 2. The van der Waals surface area contributed by atoms with Gasteiger partial charge in [-0.15, -0.1) is 0 Å². The Morgan fingerprint density at radius 3 is 2.52 bits per heavy atom. The van der Waals surface area contributed by atoms with Crippen LogP contribution in [0, 0.1) is 0 Å². The molecule has 1 aromatic heterocycles. The Labute approximate surface area is 124 Å². The lowest BCUT2D eigenvalue weighted by Crippen LogP contribution is -2.29. The zero-order chi connectivity index (χ0) is 15.6. The summed E-state index contributed by atoms with van der Waals surface area (Å²) in [4.78, 5) is 25.8. The molecule has 0 fully saturated rings. The highest BCUT2D eigenvalue weighted by atomic mass is 16.2. The largest absolute Gasteiger partial charge is 0.345 e. The number of benzene rings is 1. The van der Waals surface area contributed by atoms with Crippen molar-refractivity contribution in [3.05, 3.63) is 34.2 Å². The van der Waals surface area contributed by atoms with E-state index in [4.69, 9.17) is 0 Å². The van der Waals surface area contributed by atoms with Gasteiger partial charge in [0.05, 0.1) is 17.5 Å². The average Bonchev–Trinajstić information content (AvgIpc) is 2.69. The number of carbonyl (C=O) groups is 1. The van der Waals surface area contributed by atoms with E-state index in [1.165, 1.54) is 0 Å². The first-order chi connectivity index (χ1) is 9.95. The van der Waals surface area contributed by atoms with Crippen molar-refractivity contribution in [2.45, 2.75) is 26.2 Å². The van der Waals surface area contributed by atoms with Crippen molar-refractivity contribution in [2.75, 3.05) is 13.6 Å². The monoisotopic (exact) mass is 289 g/mol. The van der Waals surface area contributed by atoms with Gasteiger partial charge in [-0.3, -0.25) is 13.9 Å². The quantitative estimate of drug-likeness (QED) is 0.841. The summed E-state index contributed by atoms with van der Waals surface area (Å²) < 4.78 is 3.23. The fraction of sp³-hybridized carbons (Fsp3) is 0.500. The number of carbonyl (C=O) groups excluding carboxylic acids is 1. The maximum atomic E-state index is 12.2. The number of amides is 1. The molecule has 0 saturated heterocycles. The zero-order valence-electron chi connectivity index (χ0n) is 13.2. The Kier molecular flexibility index (Phi) is 4.50. The van der Waals surface area contributed by atoms with Crippen LogP contribution in [0.4, 0.5) is 0 Å². The van der Waals surface area contributed by atoms with Gasteiger partial charge in [0.1, 0.15) is 0 Å². The fourth-order valence-corrected chi connectivity index (χ4v) is 2.49. The number of hydrogen-bond donors (Lipinski definition) is 0. The number of imidazole rings is 1.